The SMILES string of the molecule is Cc1c(C(=O)Nc2ccc(CS(=O)[O-])cc2)cn(Cc2nccc(Cl)n2)c1-c1ccccc1. The van der Waals surface area contributed by atoms with Crippen LogP contribution in [0.2, 0.25) is 5.15 Å². The van der Waals surface area contributed by atoms with E-state index >= 15 is 0 Å². The number of amides is 1. The van der Waals surface area contributed by atoms with E-state index in [2.05, 4.69) is 15.3 Å². The molecule has 1 atom stereocenters. The Morgan fingerprint density at radius 3 is 2.52 bits per heavy atom. The molecule has 4 aromatic rings. The molecule has 0 radical (unpaired) electrons. The van der Waals surface area contributed by atoms with Gasteiger partial charge in [0.05, 0.1) is 17.8 Å². The standard InChI is InChI=1S/C24H21ClN4O3S/c1-16-20(24(30)27-19-9-7-17(8-10-19)15-33(31)32)13-29(14-22-26-12-11-21(25)28-22)23(16)18-5-3-2-4-6-18/h2-13H,14-15H2,1H3,(H,27,30)(H,31,32)/p-1. The second-order valence-corrected chi connectivity index (χ2v) is 8.69. The molecule has 2 aromatic carbocycles. The molecule has 0 saturated carbocycles. The lowest BCUT2D eigenvalue weighted by atomic mass is 10.1. The van der Waals surface area contributed by atoms with Crippen molar-refractivity contribution >= 4 is 34.3 Å². The highest BCUT2D eigenvalue weighted by Gasteiger charge is 2.20. The van der Waals surface area contributed by atoms with Crippen LogP contribution in [0, 0.1) is 6.92 Å². The molecule has 0 fully saturated rings. The lowest BCUT2D eigenvalue weighted by Gasteiger charge is -2.10. The Morgan fingerprint density at radius 1 is 1.12 bits per heavy atom. The van der Waals surface area contributed by atoms with Gasteiger partial charge in [0.25, 0.3) is 5.91 Å². The number of hydrogen-bond donors (Lipinski definition) is 1. The van der Waals surface area contributed by atoms with Crippen LogP contribution < -0.4 is 5.32 Å². The molecule has 1 N–H and O–H groups in total. The van der Waals surface area contributed by atoms with Crippen LogP contribution in [0.1, 0.15) is 27.3 Å². The first kappa shape index (κ1) is 22.8. The third-order valence-corrected chi connectivity index (χ3v) is 5.88. The van der Waals surface area contributed by atoms with Crippen LogP contribution in [0.4, 0.5) is 5.69 Å². The number of nitrogens with one attached hydrogen (secondary N) is 1. The second kappa shape index (κ2) is 10.1. The maximum absolute atomic E-state index is 13.1. The normalized spacial score (nSPS) is 11.8. The summed E-state index contributed by atoms with van der Waals surface area (Å²) in [4.78, 5) is 21.7. The van der Waals surface area contributed by atoms with Crippen molar-refractivity contribution in [2.75, 3.05) is 5.32 Å². The largest absolute Gasteiger partial charge is 0.772 e. The van der Waals surface area contributed by atoms with Crippen molar-refractivity contribution in [2.45, 2.75) is 19.2 Å². The van der Waals surface area contributed by atoms with Crippen molar-refractivity contribution in [3.63, 3.8) is 0 Å². The molecule has 2 heterocycles. The van der Waals surface area contributed by atoms with Crippen LogP contribution in [0.3, 0.4) is 0 Å². The summed E-state index contributed by atoms with van der Waals surface area (Å²) in [6, 6.07) is 18.1. The monoisotopic (exact) mass is 479 g/mol. The summed E-state index contributed by atoms with van der Waals surface area (Å²) in [6.07, 6.45) is 3.38. The average molecular weight is 480 g/mol. The van der Waals surface area contributed by atoms with E-state index in [-0.39, 0.29) is 11.7 Å². The smallest absolute Gasteiger partial charge is 0.257 e. The highest BCUT2D eigenvalue weighted by atomic mass is 35.5. The number of hydrogen-bond acceptors (Lipinski definition) is 5. The molecular formula is C24H20ClN4O3S-. The van der Waals surface area contributed by atoms with Crippen molar-refractivity contribution < 1.29 is 13.6 Å². The van der Waals surface area contributed by atoms with Gasteiger partial charge < -0.3 is 14.4 Å². The van der Waals surface area contributed by atoms with Crippen LogP contribution in [0.25, 0.3) is 11.3 Å². The summed E-state index contributed by atoms with van der Waals surface area (Å²) in [5.41, 5.74) is 4.41. The average Bonchev–Trinajstić information content (AvgIpc) is 3.11. The van der Waals surface area contributed by atoms with Gasteiger partial charge in [0.1, 0.15) is 11.0 Å². The summed E-state index contributed by atoms with van der Waals surface area (Å²) in [5, 5.41) is 3.24. The van der Waals surface area contributed by atoms with Crippen LogP contribution in [0.15, 0.2) is 73.1 Å². The van der Waals surface area contributed by atoms with Crippen molar-refractivity contribution in [3.05, 3.63) is 101 Å². The first-order valence-electron chi connectivity index (χ1n) is 10.1. The Hall–Kier alpha value is -3.33. The summed E-state index contributed by atoms with van der Waals surface area (Å²) in [5.74, 6) is 0.200. The van der Waals surface area contributed by atoms with Gasteiger partial charge >= 0.3 is 0 Å². The fourth-order valence-electron chi connectivity index (χ4n) is 3.61. The minimum atomic E-state index is -2.16. The molecule has 7 nitrogen and oxygen atoms in total. The van der Waals surface area contributed by atoms with Gasteiger partial charge in [0, 0.05) is 23.8 Å². The molecule has 4 rings (SSSR count). The van der Waals surface area contributed by atoms with Crippen molar-refractivity contribution in [1.29, 1.82) is 0 Å². The van der Waals surface area contributed by atoms with E-state index < -0.39 is 11.1 Å². The molecule has 0 bridgehead atoms. The summed E-state index contributed by atoms with van der Waals surface area (Å²) >= 11 is 3.86. The molecular weight excluding hydrogens is 460 g/mol. The first-order chi connectivity index (χ1) is 15.9. The lowest BCUT2D eigenvalue weighted by Crippen LogP contribution is -2.12. The fourth-order valence-corrected chi connectivity index (χ4v) is 4.23. The predicted molar refractivity (Wildman–Crippen MR) is 128 cm³/mol. The topological polar surface area (TPSA) is 99.9 Å². The summed E-state index contributed by atoms with van der Waals surface area (Å²) in [6.45, 7) is 2.25. The molecule has 33 heavy (non-hydrogen) atoms. The molecule has 1 unspecified atom stereocenters. The lowest BCUT2D eigenvalue weighted by molar-refractivity contribution is 0.102. The Bertz CT molecular complexity index is 1310. The fraction of sp³-hybridized carbons (Fsp3) is 0.125. The Labute approximate surface area is 198 Å². The minimum Gasteiger partial charge on any atom is -0.772 e. The molecule has 0 aliphatic carbocycles. The van der Waals surface area contributed by atoms with E-state index in [4.69, 9.17) is 11.6 Å². The summed E-state index contributed by atoms with van der Waals surface area (Å²) in [7, 11) is 0. The van der Waals surface area contributed by atoms with Crippen molar-refractivity contribution in [3.8, 4) is 11.3 Å². The van der Waals surface area contributed by atoms with Gasteiger partial charge in [-0.1, -0.05) is 65.1 Å². The Balaban J connectivity index is 1.66. The molecule has 0 aliphatic heterocycles. The van der Waals surface area contributed by atoms with Crippen LogP contribution in [-0.4, -0.2) is 29.2 Å². The van der Waals surface area contributed by atoms with E-state index in [9.17, 15) is 13.6 Å². The quantitative estimate of drug-likeness (QED) is 0.309. The zero-order chi connectivity index (χ0) is 23.4. The van der Waals surface area contributed by atoms with Gasteiger partial charge in [-0.3, -0.25) is 9.00 Å². The predicted octanol–water partition coefficient (Wildman–Crippen LogP) is 4.59. The van der Waals surface area contributed by atoms with E-state index in [1.807, 2.05) is 41.8 Å². The molecule has 9 heteroatoms. The van der Waals surface area contributed by atoms with Gasteiger partial charge in [-0.2, -0.15) is 0 Å². The zero-order valence-corrected chi connectivity index (χ0v) is 19.3. The van der Waals surface area contributed by atoms with Crippen LogP contribution >= 0.6 is 11.6 Å². The Kier molecular flexibility index (Phi) is 6.98. The molecule has 0 saturated heterocycles. The molecule has 1 amide bonds. The highest BCUT2D eigenvalue weighted by Crippen LogP contribution is 2.29. The van der Waals surface area contributed by atoms with Gasteiger partial charge in [-0.15, -0.1) is 0 Å². The summed E-state index contributed by atoms with van der Waals surface area (Å²) < 4.78 is 23.7. The van der Waals surface area contributed by atoms with E-state index in [1.54, 1.807) is 42.7 Å². The maximum atomic E-state index is 13.1. The highest BCUT2D eigenvalue weighted by molar-refractivity contribution is 7.78. The van der Waals surface area contributed by atoms with E-state index in [0.29, 0.717) is 34.3 Å². The minimum absolute atomic E-state index is 0.0673. The first-order valence-corrected chi connectivity index (χ1v) is 11.7. The van der Waals surface area contributed by atoms with E-state index in [0.717, 1.165) is 16.8 Å². The van der Waals surface area contributed by atoms with Gasteiger partial charge in [-0.25, -0.2) is 9.97 Å². The third-order valence-electron chi connectivity index (χ3n) is 5.10. The second-order valence-electron chi connectivity index (χ2n) is 7.41. The van der Waals surface area contributed by atoms with Gasteiger partial charge in [0.2, 0.25) is 0 Å². The zero-order valence-electron chi connectivity index (χ0n) is 17.7. The van der Waals surface area contributed by atoms with Gasteiger partial charge in [-0.05, 0) is 41.8 Å². The molecule has 168 valence electrons. The van der Waals surface area contributed by atoms with Crippen molar-refractivity contribution in [1.82, 2.24) is 14.5 Å². The number of nitrogens with zero attached hydrogens (tertiary/aromatic N) is 3. The number of anilines is 1. The number of benzene rings is 2. The number of carbonyl (C=O) groups excluding carboxylic acids is 1. The molecule has 2 aromatic heterocycles. The van der Waals surface area contributed by atoms with Crippen LogP contribution in [-0.2, 0) is 23.4 Å². The Morgan fingerprint density at radius 2 is 1.85 bits per heavy atom. The van der Waals surface area contributed by atoms with E-state index in [1.165, 1.54) is 0 Å². The van der Waals surface area contributed by atoms with Crippen LogP contribution in [0.5, 0.6) is 0 Å². The number of halogens is 1. The number of rotatable bonds is 7. The third kappa shape index (κ3) is 5.54. The molecule has 0 aliphatic rings. The van der Waals surface area contributed by atoms with Crippen molar-refractivity contribution in [2.24, 2.45) is 0 Å². The van der Waals surface area contributed by atoms with Gasteiger partial charge in [0.15, 0.2) is 0 Å². The molecule has 0 spiro atoms. The number of aromatic nitrogens is 3. The number of carbonyl (C=O) groups is 1. The maximum Gasteiger partial charge on any atom is 0.257 e.